The Labute approximate surface area is 253 Å². The van der Waals surface area contributed by atoms with Gasteiger partial charge in [-0.1, -0.05) is 39.0 Å². The molecule has 2 aliphatic heterocycles. The van der Waals surface area contributed by atoms with Crippen molar-refractivity contribution < 1.29 is 32.4 Å². The first-order valence-corrected chi connectivity index (χ1v) is 14.3. The van der Waals surface area contributed by atoms with Gasteiger partial charge in [-0.25, -0.2) is 4.79 Å². The molecule has 3 aromatic rings. The van der Waals surface area contributed by atoms with Gasteiger partial charge < -0.3 is 19.7 Å². The van der Waals surface area contributed by atoms with Crippen LogP contribution in [-0.2, 0) is 16.3 Å². The molecule has 0 saturated carbocycles. The molecule has 1 atom stereocenters. The molecule has 2 aliphatic rings. The number of carbonyl (C=O) groups is 1. The Bertz CT molecular complexity index is 1540. The van der Waals surface area contributed by atoms with Crippen LogP contribution >= 0.6 is 0 Å². The Morgan fingerprint density at radius 2 is 1.70 bits per heavy atom. The first kappa shape index (κ1) is 31.1. The van der Waals surface area contributed by atoms with Crippen LogP contribution in [0.25, 0.3) is 0 Å². The second-order valence-corrected chi connectivity index (χ2v) is 12.3. The summed E-state index contributed by atoms with van der Waals surface area (Å²) in [5.41, 5.74) is 0.949. The summed E-state index contributed by atoms with van der Waals surface area (Å²) in [5.74, 6) is 0.139. The summed E-state index contributed by atoms with van der Waals surface area (Å²) >= 11 is 0. The Kier molecular flexibility index (Phi) is 8.23. The number of halogens is 3. The summed E-state index contributed by atoms with van der Waals surface area (Å²) in [7, 11) is 1.58. The molecule has 1 saturated heterocycles. The number of amides is 1. The molecular formula is C32H35F3N4O5. The molecular weight excluding hydrogens is 577 g/mol. The quantitative estimate of drug-likeness (QED) is 0.215. The fourth-order valence-corrected chi connectivity index (χ4v) is 6.44. The molecule has 0 aromatic heterocycles. The maximum Gasteiger partial charge on any atom is 0.417 e. The molecule has 1 fully saturated rings. The number of methoxy groups -OCH3 is 1. The zero-order valence-electron chi connectivity index (χ0n) is 25.0. The number of non-ortho nitro benzene ring substituents is 1. The van der Waals surface area contributed by atoms with Gasteiger partial charge in [0.05, 0.1) is 28.0 Å². The second-order valence-electron chi connectivity index (χ2n) is 12.3. The smallest absolute Gasteiger partial charge is 0.410 e. The van der Waals surface area contributed by atoms with Gasteiger partial charge in [-0.15, -0.1) is 0 Å². The number of benzene rings is 3. The molecule has 9 nitrogen and oxygen atoms in total. The number of fused-ring (bicyclic) bond motifs is 2. The molecule has 1 amide bonds. The molecule has 234 valence electrons. The minimum atomic E-state index is -4.51. The topological polar surface area (TPSA) is 106 Å². The predicted molar refractivity (Wildman–Crippen MR) is 161 cm³/mol. The van der Waals surface area contributed by atoms with Crippen molar-refractivity contribution in [2.24, 2.45) is 5.41 Å². The summed E-state index contributed by atoms with van der Waals surface area (Å²) < 4.78 is 54.3. The van der Waals surface area contributed by atoms with Gasteiger partial charge in [-0.2, -0.15) is 13.2 Å². The Balaban J connectivity index is 1.37. The Morgan fingerprint density at radius 1 is 1.05 bits per heavy atom. The highest BCUT2D eigenvalue weighted by Gasteiger charge is 2.49. The van der Waals surface area contributed by atoms with E-state index in [-0.39, 0.29) is 16.9 Å². The summed E-state index contributed by atoms with van der Waals surface area (Å²) in [6, 6.07) is 15.0. The molecule has 2 N–H and O–H groups in total. The number of hydrogen-bond acceptors (Lipinski definition) is 7. The van der Waals surface area contributed by atoms with Crippen LogP contribution in [0.3, 0.4) is 0 Å². The number of para-hydroxylation sites is 2. The standard InChI is InChI=1S/C32H35F3N4O5/c1-30(2,3)28(43-4)22-13-14-23(32(33,34)35)26-27(22)36-19-31(26)15-17-38(18-16-31)25-8-6-5-7-24(25)37-29(40)44-21-11-9-20(10-12-21)39(41)42/h5-14,28,36H,15-19H2,1-4H3,(H,37,40). The van der Waals surface area contributed by atoms with E-state index in [1.165, 1.54) is 30.3 Å². The van der Waals surface area contributed by atoms with Gasteiger partial charge in [0.25, 0.3) is 5.69 Å². The highest BCUT2D eigenvalue weighted by molar-refractivity contribution is 5.91. The maximum absolute atomic E-state index is 14.4. The number of anilines is 3. The lowest BCUT2D eigenvalue weighted by Crippen LogP contribution is -2.44. The van der Waals surface area contributed by atoms with E-state index in [2.05, 4.69) is 15.5 Å². The number of ether oxygens (including phenoxy) is 2. The zero-order chi connectivity index (χ0) is 31.9. The first-order valence-electron chi connectivity index (χ1n) is 14.3. The highest BCUT2D eigenvalue weighted by Crippen LogP contribution is 2.54. The van der Waals surface area contributed by atoms with Crippen LogP contribution in [0.15, 0.2) is 60.7 Å². The summed E-state index contributed by atoms with van der Waals surface area (Å²) in [6.07, 6.45) is -4.75. The van der Waals surface area contributed by atoms with Crippen LogP contribution in [0.2, 0.25) is 0 Å². The van der Waals surface area contributed by atoms with E-state index in [1.807, 2.05) is 32.9 Å². The van der Waals surface area contributed by atoms with Crippen molar-refractivity contribution in [2.45, 2.75) is 51.3 Å². The van der Waals surface area contributed by atoms with E-state index >= 15 is 0 Å². The van der Waals surface area contributed by atoms with E-state index in [4.69, 9.17) is 9.47 Å². The van der Waals surface area contributed by atoms with Crippen molar-refractivity contribution >= 4 is 28.8 Å². The van der Waals surface area contributed by atoms with Gasteiger partial charge in [0.15, 0.2) is 0 Å². The van der Waals surface area contributed by atoms with Crippen LogP contribution in [0.1, 0.15) is 56.4 Å². The number of carbonyl (C=O) groups excluding carboxylic acids is 1. The molecule has 44 heavy (non-hydrogen) atoms. The fourth-order valence-electron chi connectivity index (χ4n) is 6.44. The SMILES string of the molecule is COC(c1ccc(C(F)(F)F)c2c1NCC21CCN(c2ccccc2NC(=O)Oc2ccc([N+](=O)[O-])cc2)CC1)C(C)(C)C. The maximum atomic E-state index is 14.4. The lowest BCUT2D eigenvalue weighted by Gasteiger charge is -2.42. The number of piperidine rings is 1. The third kappa shape index (κ3) is 6.03. The van der Waals surface area contributed by atoms with E-state index in [9.17, 15) is 28.1 Å². The van der Waals surface area contributed by atoms with Crippen molar-refractivity contribution in [2.75, 3.05) is 42.3 Å². The summed E-state index contributed by atoms with van der Waals surface area (Å²) in [6.45, 7) is 7.32. The normalized spacial score (nSPS) is 16.7. The van der Waals surface area contributed by atoms with Crippen molar-refractivity contribution in [3.05, 3.63) is 87.5 Å². The minimum Gasteiger partial charge on any atom is -0.410 e. The minimum absolute atomic E-state index is 0.127. The molecule has 1 unspecified atom stereocenters. The van der Waals surface area contributed by atoms with Gasteiger partial charge in [-0.3, -0.25) is 15.4 Å². The molecule has 12 heteroatoms. The number of nitro benzene ring substituents is 1. The monoisotopic (exact) mass is 612 g/mol. The van der Waals surface area contributed by atoms with Crippen LogP contribution in [0.4, 0.5) is 40.7 Å². The molecule has 3 aromatic carbocycles. The number of alkyl halides is 3. The number of rotatable bonds is 6. The van der Waals surface area contributed by atoms with Crippen LogP contribution < -0.4 is 20.3 Å². The van der Waals surface area contributed by atoms with Crippen molar-refractivity contribution in [1.29, 1.82) is 0 Å². The van der Waals surface area contributed by atoms with Crippen LogP contribution in [0, 0.1) is 15.5 Å². The van der Waals surface area contributed by atoms with E-state index in [1.54, 1.807) is 25.3 Å². The van der Waals surface area contributed by atoms with E-state index in [0.29, 0.717) is 55.1 Å². The van der Waals surface area contributed by atoms with Crippen LogP contribution in [0.5, 0.6) is 5.75 Å². The van der Waals surface area contributed by atoms with Gasteiger partial charge in [0, 0.05) is 55.5 Å². The summed E-state index contributed by atoms with van der Waals surface area (Å²) in [4.78, 5) is 25.1. The Morgan fingerprint density at radius 3 is 2.30 bits per heavy atom. The number of nitrogens with zero attached hydrogens (tertiary/aromatic N) is 2. The lowest BCUT2D eigenvalue weighted by atomic mass is 9.71. The third-order valence-electron chi connectivity index (χ3n) is 8.44. The zero-order valence-corrected chi connectivity index (χ0v) is 25.0. The molecule has 1 spiro atoms. The van der Waals surface area contributed by atoms with Crippen molar-refractivity contribution in [1.82, 2.24) is 0 Å². The van der Waals surface area contributed by atoms with Gasteiger partial charge in [0.1, 0.15) is 5.75 Å². The molecule has 5 rings (SSSR count). The second kappa shape index (κ2) is 11.6. The fraction of sp³-hybridized carbons (Fsp3) is 0.406. The predicted octanol–water partition coefficient (Wildman–Crippen LogP) is 7.92. The average Bonchev–Trinajstić information content (AvgIpc) is 3.32. The largest absolute Gasteiger partial charge is 0.417 e. The molecule has 0 aliphatic carbocycles. The van der Waals surface area contributed by atoms with Crippen molar-refractivity contribution in [3.8, 4) is 5.75 Å². The lowest BCUT2D eigenvalue weighted by molar-refractivity contribution is -0.384. The van der Waals surface area contributed by atoms with Gasteiger partial charge in [0.2, 0.25) is 0 Å². The van der Waals surface area contributed by atoms with Gasteiger partial charge in [-0.05, 0) is 54.2 Å². The average molecular weight is 613 g/mol. The van der Waals surface area contributed by atoms with Gasteiger partial charge >= 0.3 is 12.3 Å². The first-order chi connectivity index (χ1) is 20.7. The number of nitro groups is 1. The molecule has 2 heterocycles. The van der Waals surface area contributed by atoms with E-state index in [0.717, 1.165) is 5.56 Å². The Hall–Kier alpha value is -4.32. The highest BCUT2D eigenvalue weighted by atomic mass is 19.4. The van der Waals surface area contributed by atoms with Crippen molar-refractivity contribution in [3.63, 3.8) is 0 Å². The van der Waals surface area contributed by atoms with E-state index < -0.39 is 34.3 Å². The third-order valence-corrected chi connectivity index (χ3v) is 8.44. The van der Waals surface area contributed by atoms with Crippen LogP contribution in [-0.4, -0.2) is 37.8 Å². The number of nitrogens with one attached hydrogen (secondary N) is 2. The molecule has 0 bridgehead atoms. The molecule has 0 radical (unpaired) electrons. The number of hydrogen-bond donors (Lipinski definition) is 2. The summed E-state index contributed by atoms with van der Waals surface area (Å²) in [5, 5.41) is 17.0.